The molecule has 2 amide bonds. The summed E-state index contributed by atoms with van der Waals surface area (Å²) < 4.78 is 36.8. The first kappa shape index (κ1) is 45.1. The first-order chi connectivity index (χ1) is 27.8. The summed E-state index contributed by atoms with van der Waals surface area (Å²) >= 11 is 0. The van der Waals surface area contributed by atoms with Gasteiger partial charge in [0.25, 0.3) is 5.91 Å². The number of carbonyl (C=O) groups excluding carboxylic acids is 1. The summed E-state index contributed by atoms with van der Waals surface area (Å²) in [5.74, 6) is 0.558. The van der Waals surface area contributed by atoms with Gasteiger partial charge in [-0.15, -0.1) is 0 Å². The fourth-order valence-corrected chi connectivity index (χ4v) is 10.7. The number of benzene rings is 3. The molecule has 58 heavy (non-hydrogen) atoms. The summed E-state index contributed by atoms with van der Waals surface area (Å²) in [4.78, 5) is 30.3. The van der Waals surface area contributed by atoms with Gasteiger partial charge < -0.3 is 38.1 Å². The van der Waals surface area contributed by atoms with E-state index in [-0.39, 0.29) is 43.4 Å². The van der Waals surface area contributed by atoms with Crippen molar-refractivity contribution in [2.45, 2.75) is 96.5 Å². The van der Waals surface area contributed by atoms with Gasteiger partial charge in [0, 0.05) is 34.0 Å². The lowest BCUT2D eigenvalue weighted by Gasteiger charge is -2.72. The van der Waals surface area contributed by atoms with Crippen LogP contribution in [0.5, 0.6) is 11.5 Å². The molecular weight excluding hydrogens is 753 g/mol. The average Bonchev–Trinajstić information content (AvgIpc) is 3.20. The van der Waals surface area contributed by atoms with Crippen LogP contribution in [0.3, 0.4) is 0 Å². The maximum atomic E-state index is 13.8. The maximum Gasteiger partial charge on any atom is 0.407 e. The molecule has 0 aromatic heterocycles. The molecule has 1 fully saturated rings. The lowest BCUT2D eigenvalue weighted by atomic mass is 9.44. The van der Waals surface area contributed by atoms with Crippen molar-refractivity contribution in [2.24, 2.45) is 17.8 Å². The molecule has 3 atom stereocenters. The Kier molecular flexibility index (Phi) is 15.5. The molecule has 0 unspecified atom stereocenters. The zero-order valence-electron chi connectivity index (χ0n) is 35.6. The topological polar surface area (TPSA) is 116 Å². The minimum Gasteiger partial charge on any atom is -0.494 e. The molecule has 315 valence electrons. The lowest BCUT2D eigenvalue weighted by Crippen LogP contribution is -2.86. The van der Waals surface area contributed by atoms with Crippen LogP contribution in [0.25, 0.3) is 0 Å². The number of unbranched alkanes of at least 4 members (excludes halogenated alkanes) is 1. The molecule has 1 N–H and O–H groups in total. The van der Waals surface area contributed by atoms with Crippen molar-refractivity contribution in [3.63, 3.8) is 0 Å². The molecule has 5 rings (SSSR count). The summed E-state index contributed by atoms with van der Waals surface area (Å²) in [5, 5.41) is 11.3. The number of nitrogens with zero attached hydrogens (tertiary/aromatic N) is 2. The molecule has 2 aliphatic heterocycles. The monoisotopic (exact) mass is 815 g/mol. The molecule has 2 aliphatic rings. The van der Waals surface area contributed by atoms with E-state index < -0.39 is 28.8 Å². The molecule has 1 saturated heterocycles. The van der Waals surface area contributed by atoms with E-state index in [4.69, 9.17) is 28.1 Å². The van der Waals surface area contributed by atoms with E-state index in [1.165, 1.54) is 0 Å². The maximum absolute atomic E-state index is 13.8. The molecule has 0 saturated carbocycles. The molecule has 3 aromatic rings. The Labute approximate surface area is 348 Å². The number of ether oxygens (including phenoxy) is 5. The molecule has 0 spiro atoms. The Morgan fingerprint density at radius 3 is 2.12 bits per heavy atom. The van der Waals surface area contributed by atoms with E-state index in [0.29, 0.717) is 50.6 Å². The van der Waals surface area contributed by atoms with Crippen molar-refractivity contribution in [3.05, 3.63) is 89.5 Å². The van der Waals surface area contributed by atoms with Crippen LogP contribution in [0.2, 0.25) is 0 Å². The third-order valence-corrected chi connectivity index (χ3v) is 12.7. The predicted molar refractivity (Wildman–Crippen MR) is 226 cm³/mol. The molecule has 12 heteroatoms. The second-order valence-electron chi connectivity index (χ2n) is 16.5. The highest BCUT2D eigenvalue weighted by Gasteiger charge is 2.76. The molecule has 3 radical (unpaired) electrons. The van der Waals surface area contributed by atoms with Gasteiger partial charge in [-0.05, 0) is 84.4 Å². The predicted octanol–water partition coefficient (Wildman–Crippen LogP) is 7.86. The number of likely N-dealkylation sites (tertiary alicyclic amines) is 1. The van der Waals surface area contributed by atoms with Crippen LogP contribution in [0, 0.1) is 17.8 Å². The molecular formula is C46H63N2O9Si. The summed E-state index contributed by atoms with van der Waals surface area (Å²) in [6.07, 6.45) is 1.17. The average molecular weight is 816 g/mol. The van der Waals surface area contributed by atoms with Gasteiger partial charge in [0.15, 0.2) is 6.61 Å². The van der Waals surface area contributed by atoms with E-state index in [1.807, 2.05) is 48.5 Å². The Morgan fingerprint density at radius 1 is 0.862 bits per heavy atom. The van der Waals surface area contributed by atoms with Gasteiger partial charge in [0.2, 0.25) is 10.5 Å². The van der Waals surface area contributed by atoms with Crippen molar-refractivity contribution >= 4 is 28.2 Å². The molecule has 11 nitrogen and oxygen atoms in total. The Bertz CT molecular complexity index is 1780. The van der Waals surface area contributed by atoms with Gasteiger partial charge in [-0.1, -0.05) is 90.1 Å². The molecule has 0 aliphatic carbocycles. The first-order valence-electron chi connectivity index (χ1n) is 20.6. The number of piperidine rings is 1. The fraction of sp³-hybridized carbons (Fsp3) is 0.565. The van der Waals surface area contributed by atoms with Crippen molar-refractivity contribution in [1.29, 1.82) is 0 Å². The van der Waals surface area contributed by atoms with Crippen LogP contribution in [-0.2, 0) is 41.9 Å². The molecule has 2 heterocycles. The smallest absolute Gasteiger partial charge is 0.407 e. The number of hydrogen-bond acceptors (Lipinski definition) is 8. The number of amides is 2. The SMILES string of the molecule is COCCCCOc1ccc([C@]2(Cc3ccccc3)[C@H](O[Si])CN(C(=O)O)C(C(C)C)(C(C)C)[C@@]2(OCc2ccc3c(c2)N(CCCOC)C(=O)CO3)C(C)C)cc1. The van der Waals surface area contributed by atoms with Crippen LogP contribution >= 0.6 is 0 Å². The highest BCUT2D eigenvalue weighted by atomic mass is 28.2. The lowest BCUT2D eigenvalue weighted by molar-refractivity contribution is -0.287. The van der Waals surface area contributed by atoms with Crippen LogP contribution < -0.4 is 14.4 Å². The minimum atomic E-state index is -1.24. The van der Waals surface area contributed by atoms with E-state index >= 15 is 0 Å². The normalized spacial score (nSPS) is 21.7. The largest absolute Gasteiger partial charge is 0.494 e. The second-order valence-corrected chi connectivity index (χ2v) is 16.7. The van der Waals surface area contributed by atoms with Gasteiger partial charge in [0.1, 0.15) is 17.1 Å². The third kappa shape index (κ3) is 8.41. The van der Waals surface area contributed by atoms with E-state index in [1.54, 1.807) is 24.0 Å². The van der Waals surface area contributed by atoms with Crippen LogP contribution in [-0.4, -0.2) is 103 Å². The van der Waals surface area contributed by atoms with Crippen molar-refractivity contribution in [3.8, 4) is 11.5 Å². The number of fused-ring (bicyclic) bond motifs is 1. The van der Waals surface area contributed by atoms with Gasteiger partial charge in [-0.2, -0.15) is 0 Å². The van der Waals surface area contributed by atoms with Crippen molar-refractivity contribution in [1.82, 2.24) is 4.90 Å². The summed E-state index contributed by atoms with van der Waals surface area (Å²) in [5.41, 5.74) is 0.199. The van der Waals surface area contributed by atoms with Gasteiger partial charge in [-0.3, -0.25) is 9.69 Å². The minimum absolute atomic E-state index is 0.0317. The van der Waals surface area contributed by atoms with Crippen molar-refractivity contribution < 1.29 is 42.8 Å². The van der Waals surface area contributed by atoms with E-state index in [2.05, 4.69) is 76.3 Å². The Morgan fingerprint density at radius 2 is 1.52 bits per heavy atom. The van der Waals surface area contributed by atoms with E-state index in [9.17, 15) is 14.7 Å². The highest BCUT2D eigenvalue weighted by molar-refractivity contribution is 5.98. The van der Waals surface area contributed by atoms with Crippen LogP contribution in [0.15, 0.2) is 72.8 Å². The quantitative estimate of drug-likeness (QED) is 0.0900. The fourth-order valence-electron chi connectivity index (χ4n) is 10.4. The highest BCUT2D eigenvalue weighted by Crippen LogP contribution is 2.63. The zero-order valence-corrected chi connectivity index (χ0v) is 36.6. The number of carbonyl (C=O) groups is 2. The Balaban J connectivity index is 1.76. The number of methoxy groups -OCH3 is 2. The summed E-state index contributed by atoms with van der Waals surface area (Å²) in [7, 11) is 6.88. The van der Waals surface area contributed by atoms with Crippen molar-refractivity contribution in [2.75, 3.05) is 58.6 Å². The number of anilines is 1. The molecule has 0 bridgehead atoms. The summed E-state index contributed by atoms with van der Waals surface area (Å²) in [6, 6.07) is 24.3. The second kappa shape index (κ2) is 19.9. The summed E-state index contributed by atoms with van der Waals surface area (Å²) in [6.45, 7) is 15.1. The number of rotatable bonds is 20. The van der Waals surface area contributed by atoms with Gasteiger partial charge in [-0.25, -0.2) is 4.79 Å². The van der Waals surface area contributed by atoms with Crippen LogP contribution in [0.4, 0.5) is 10.5 Å². The van der Waals surface area contributed by atoms with Crippen LogP contribution in [0.1, 0.15) is 77.5 Å². The number of hydrogen-bond donors (Lipinski definition) is 1. The number of carboxylic acid groups (broad SMARTS) is 1. The Hall–Kier alpha value is -3.94. The van der Waals surface area contributed by atoms with Gasteiger partial charge in [0.05, 0.1) is 42.5 Å². The standard InChI is InChI=1S/C46H63N2O9Si/c1-32(2)45(33(3)4)46(34(5)6,56-30-36-17-22-40-39(27-36)47(23-14-25-53-8)42(49)31-55-40)44(28-35-15-10-9-11-16-35,41(57-58)29-48(45)43(50)51)37-18-20-38(21-19-37)54-26-13-12-24-52-7/h9-11,15-22,27,32-34,41H,12-14,23-26,28-31H2,1-8H3,(H,50,51)/t41-,44-,46-/m1/s1. The van der Waals surface area contributed by atoms with Gasteiger partial charge >= 0.3 is 6.09 Å². The zero-order chi connectivity index (χ0) is 42.1. The van der Waals surface area contributed by atoms with E-state index in [0.717, 1.165) is 35.3 Å². The third-order valence-electron chi connectivity index (χ3n) is 12.4. The first-order valence-corrected chi connectivity index (χ1v) is 21.0. The molecule has 3 aromatic carbocycles.